The predicted octanol–water partition coefficient (Wildman–Crippen LogP) is 2.24. The summed E-state index contributed by atoms with van der Waals surface area (Å²) in [6, 6.07) is 4.60. The smallest absolute Gasteiger partial charge is 0.321 e. The third-order valence-corrected chi connectivity index (χ3v) is 4.11. The summed E-state index contributed by atoms with van der Waals surface area (Å²) in [4.78, 5) is 36.5. The molecule has 0 aliphatic carbocycles. The minimum atomic E-state index is -0.919. The molecule has 1 heterocycles. The highest BCUT2D eigenvalue weighted by Gasteiger charge is 2.26. The number of aliphatic carboxylic acids is 1. The lowest BCUT2D eigenvalue weighted by Crippen LogP contribution is -2.43. The molecule has 1 aromatic carbocycles. The molecule has 1 saturated heterocycles. The van der Waals surface area contributed by atoms with E-state index in [-0.39, 0.29) is 23.0 Å². The van der Waals surface area contributed by atoms with Crippen molar-refractivity contribution in [1.29, 1.82) is 0 Å². The van der Waals surface area contributed by atoms with Gasteiger partial charge in [-0.05, 0) is 38.5 Å². The average molecular weight is 354 g/mol. The Balaban J connectivity index is 2.16. The number of hydrogen-bond acceptors (Lipinski definition) is 3. The first-order chi connectivity index (χ1) is 11.2. The van der Waals surface area contributed by atoms with Crippen molar-refractivity contribution in [2.75, 3.05) is 18.0 Å². The van der Waals surface area contributed by atoms with Gasteiger partial charge >= 0.3 is 12.0 Å². The molecule has 1 aliphatic heterocycles. The van der Waals surface area contributed by atoms with E-state index in [0.717, 1.165) is 0 Å². The lowest BCUT2D eigenvalue weighted by Gasteiger charge is -2.26. The number of carbonyl (C=O) groups excluding carboxylic acids is 2. The Morgan fingerprint density at radius 1 is 1.42 bits per heavy atom. The van der Waals surface area contributed by atoms with E-state index in [2.05, 4.69) is 10.6 Å². The van der Waals surface area contributed by atoms with E-state index in [0.29, 0.717) is 25.2 Å². The maximum atomic E-state index is 12.5. The third-order valence-electron chi connectivity index (χ3n) is 3.78. The second kappa shape index (κ2) is 7.09. The minimum Gasteiger partial charge on any atom is -0.481 e. The first-order valence-corrected chi connectivity index (χ1v) is 7.97. The van der Waals surface area contributed by atoms with E-state index in [1.807, 2.05) is 0 Å². The van der Waals surface area contributed by atoms with Crippen LogP contribution in [-0.4, -0.2) is 41.6 Å². The molecule has 8 heteroatoms. The SMILES string of the molecule is CC(C)(CCC(=O)O)NC(=O)c1cc(N2CCNC2=O)ccc1Cl. The zero-order valence-electron chi connectivity index (χ0n) is 13.6. The van der Waals surface area contributed by atoms with Gasteiger partial charge in [0.2, 0.25) is 0 Å². The molecule has 0 aromatic heterocycles. The molecule has 0 atom stereocenters. The summed E-state index contributed by atoms with van der Waals surface area (Å²) in [7, 11) is 0. The summed E-state index contributed by atoms with van der Waals surface area (Å²) < 4.78 is 0. The van der Waals surface area contributed by atoms with Crippen molar-refractivity contribution in [3.05, 3.63) is 28.8 Å². The van der Waals surface area contributed by atoms with Gasteiger partial charge in [-0.3, -0.25) is 14.5 Å². The molecule has 3 amide bonds. The molecule has 7 nitrogen and oxygen atoms in total. The molecule has 1 fully saturated rings. The molecule has 24 heavy (non-hydrogen) atoms. The number of carboxylic acids is 1. The van der Waals surface area contributed by atoms with Gasteiger partial charge in [0.15, 0.2) is 0 Å². The largest absolute Gasteiger partial charge is 0.481 e. The maximum Gasteiger partial charge on any atom is 0.321 e. The van der Waals surface area contributed by atoms with Gasteiger partial charge in [0, 0.05) is 30.7 Å². The monoisotopic (exact) mass is 353 g/mol. The Bertz CT molecular complexity index is 675. The first-order valence-electron chi connectivity index (χ1n) is 7.59. The number of rotatable bonds is 6. The number of urea groups is 1. The van der Waals surface area contributed by atoms with Gasteiger partial charge in [-0.25, -0.2) is 4.79 Å². The standard InChI is InChI=1S/C16H20ClN3O4/c1-16(2,6-5-13(21)22)19-14(23)11-9-10(3-4-12(11)17)20-8-7-18-15(20)24/h3-4,9H,5-8H2,1-2H3,(H,18,24)(H,19,23)(H,21,22). The van der Waals surface area contributed by atoms with Crippen molar-refractivity contribution < 1.29 is 19.5 Å². The van der Waals surface area contributed by atoms with Crippen LogP contribution in [0.4, 0.5) is 10.5 Å². The Morgan fingerprint density at radius 2 is 2.12 bits per heavy atom. The molecule has 2 rings (SSSR count). The van der Waals surface area contributed by atoms with Crippen LogP contribution >= 0.6 is 11.6 Å². The van der Waals surface area contributed by atoms with Crippen LogP contribution in [-0.2, 0) is 4.79 Å². The summed E-state index contributed by atoms with van der Waals surface area (Å²) in [5, 5.41) is 14.5. The highest BCUT2D eigenvalue weighted by atomic mass is 35.5. The quantitative estimate of drug-likeness (QED) is 0.730. The van der Waals surface area contributed by atoms with E-state index in [1.54, 1.807) is 32.0 Å². The van der Waals surface area contributed by atoms with Gasteiger partial charge in [0.25, 0.3) is 5.91 Å². The van der Waals surface area contributed by atoms with Gasteiger partial charge in [-0.2, -0.15) is 0 Å². The fraction of sp³-hybridized carbons (Fsp3) is 0.438. The normalized spacial score (nSPS) is 14.5. The number of halogens is 1. The van der Waals surface area contributed by atoms with Crippen molar-refractivity contribution in [2.45, 2.75) is 32.2 Å². The van der Waals surface area contributed by atoms with E-state index in [1.165, 1.54) is 4.90 Å². The van der Waals surface area contributed by atoms with Crippen molar-refractivity contribution in [3.8, 4) is 0 Å². The van der Waals surface area contributed by atoms with Crippen LogP contribution in [0.3, 0.4) is 0 Å². The fourth-order valence-corrected chi connectivity index (χ4v) is 2.63. The number of benzene rings is 1. The number of nitrogens with zero attached hydrogens (tertiary/aromatic N) is 1. The second-order valence-electron chi connectivity index (χ2n) is 6.28. The van der Waals surface area contributed by atoms with Crippen LogP contribution < -0.4 is 15.5 Å². The Hall–Kier alpha value is -2.28. The van der Waals surface area contributed by atoms with Gasteiger partial charge in [-0.1, -0.05) is 11.6 Å². The average Bonchev–Trinajstić information content (AvgIpc) is 2.91. The molecule has 3 N–H and O–H groups in total. The molecule has 130 valence electrons. The molecular weight excluding hydrogens is 334 g/mol. The lowest BCUT2D eigenvalue weighted by molar-refractivity contribution is -0.137. The highest BCUT2D eigenvalue weighted by Crippen LogP contribution is 2.25. The summed E-state index contributed by atoms with van der Waals surface area (Å²) in [5.74, 6) is -1.32. The minimum absolute atomic E-state index is 0.0466. The number of hydrogen-bond donors (Lipinski definition) is 3. The maximum absolute atomic E-state index is 12.5. The Labute approximate surface area is 145 Å². The molecule has 1 aliphatic rings. The van der Waals surface area contributed by atoms with Crippen LogP contribution in [0.25, 0.3) is 0 Å². The molecular formula is C16H20ClN3O4. The highest BCUT2D eigenvalue weighted by molar-refractivity contribution is 6.34. The van der Waals surface area contributed by atoms with E-state index >= 15 is 0 Å². The zero-order valence-corrected chi connectivity index (χ0v) is 14.3. The zero-order chi connectivity index (χ0) is 17.9. The number of anilines is 1. The number of carboxylic acid groups (broad SMARTS) is 1. The molecule has 1 aromatic rings. The van der Waals surface area contributed by atoms with E-state index in [9.17, 15) is 14.4 Å². The van der Waals surface area contributed by atoms with Gasteiger partial charge in [0.05, 0.1) is 10.6 Å². The molecule has 0 spiro atoms. The summed E-state index contributed by atoms with van der Waals surface area (Å²) >= 11 is 6.12. The third kappa shape index (κ3) is 4.38. The Kier molecular flexibility index (Phi) is 5.33. The second-order valence-corrected chi connectivity index (χ2v) is 6.69. The molecule has 0 unspecified atom stereocenters. The van der Waals surface area contributed by atoms with Crippen molar-refractivity contribution in [1.82, 2.24) is 10.6 Å². The van der Waals surface area contributed by atoms with Crippen LogP contribution in [0.5, 0.6) is 0 Å². The number of nitrogens with one attached hydrogen (secondary N) is 2. The number of amides is 3. The van der Waals surface area contributed by atoms with Crippen LogP contribution in [0.2, 0.25) is 5.02 Å². The van der Waals surface area contributed by atoms with Crippen LogP contribution in [0.1, 0.15) is 37.0 Å². The Morgan fingerprint density at radius 3 is 2.71 bits per heavy atom. The van der Waals surface area contributed by atoms with Crippen molar-refractivity contribution >= 4 is 35.2 Å². The van der Waals surface area contributed by atoms with Crippen LogP contribution in [0.15, 0.2) is 18.2 Å². The van der Waals surface area contributed by atoms with Gasteiger partial charge in [-0.15, -0.1) is 0 Å². The molecule has 0 radical (unpaired) electrons. The summed E-state index contributed by atoms with van der Waals surface area (Å²) in [6.07, 6.45) is 0.245. The van der Waals surface area contributed by atoms with Crippen molar-refractivity contribution in [2.24, 2.45) is 0 Å². The molecule has 0 bridgehead atoms. The fourth-order valence-electron chi connectivity index (χ4n) is 2.43. The van der Waals surface area contributed by atoms with Crippen LogP contribution in [0, 0.1) is 0 Å². The van der Waals surface area contributed by atoms with Gasteiger partial charge < -0.3 is 15.7 Å². The van der Waals surface area contributed by atoms with E-state index in [4.69, 9.17) is 16.7 Å². The molecule has 0 saturated carbocycles. The first kappa shape index (κ1) is 18.1. The number of carbonyl (C=O) groups is 3. The van der Waals surface area contributed by atoms with Gasteiger partial charge in [0.1, 0.15) is 0 Å². The van der Waals surface area contributed by atoms with E-state index < -0.39 is 17.4 Å². The summed E-state index contributed by atoms with van der Waals surface area (Å²) in [6.45, 7) is 4.57. The topological polar surface area (TPSA) is 98.7 Å². The predicted molar refractivity (Wildman–Crippen MR) is 90.6 cm³/mol. The lowest BCUT2D eigenvalue weighted by atomic mass is 9.97. The summed E-state index contributed by atoms with van der Waals surface area (Å²) in [5.41, 5.74) is 0.139. The van der Waals surface area contributed by atoms with Crippen molar-refractivity contribution in [3.63, 3.8) is 0 Å².